The molecule has 2 rings (SSSR count). The lowest BCUT2D eigenvalue weighted by Gasteiger charge is -2.09. The van der Waals surface area contributed by atoms with E-state index in [-0.39, 0.29) is 5.56 Å². The molecule has 2 aromatic carbocycles. The minimum atomic E-state index is -0.985. The van der Waals surface area contributed by atoms with Crippen LogP contribution in [-0.2, 0) is 0 Å². The molecule has 4 heteroatoms. The SMILES string of the molecule is O=C(O)c1ccccc1OCCCOc1ccccc1. The zero-order chi connectivity index (χ0) is 14.2. The average molecular weight is 272 g/mol. The fourth-order valence-electron chi connectivity index (χ4n) is 1.72. The second-order valence-electron chi connectivity index (χ2n) is 4.16. The molecule has 0 unspecified atom stereocenters. The summed E-state index contributed by atoms with van der Waals surface area (Å²) < 4.78 is 11.0. The van der Waals surface area contributed by atoms with Crippen molar-refractivity contribution in [2.45, 2.75) is 6.42 Å². The third-order valence-corrected chi connectivity index (χ3v) is 2.68. The molecule has 2 aromatic rings. The van der Waals surface area contributed by atoms with Gasteiger partial charge in [0.2, 0.25) is 0 Å². The molecular weight excluding hydrogens is 256 g/mol. The summed E-state index contributed by atoms with van der Waals surface area (Å²) >= 11 is 0. The van der Waals surface area contributed by atoms with Crippen molar-refractivity contribution in [3.63, 3.8) is 0 Å². The lowest BCUT2D eigenvalue weighted by Crippen LogP contribution is -2.07. The van der Waals surface area contributed by atoms with Crippen molar-refractivity contribution in [1.82, 2.24) is 0 Å². The molecule has 0 saturated heterocycles. The van der Waals surface area contributed by atoms with Gasteiger partial charge in [0.1, 0.15) is 17.1 Å². The Bertz CT molecular complexity index is 551. The van der Waals surface area contributed by atoms with E-state index in [1.165, 1.54) is 6.07 Å². The van der Waals surface area contributed by atoms with Gasteiger partial charge in [-0.2, -0.15) is 0 Å². The maximum atomic E-state index is 11.0. The molecule has 0 radical (unpaired) electrons. The van der Waals surface area contributed by atoms with Gasteiger partial charge >= 0.3 is 5.97 Å². The van der Waals surface area contributed by atoms with Crippen LogP contribution in [0, 0.1) is 0 Å². The highest BCUT2D eigenvalue weighted by molar-refractivity contribution is 5.90. The first-order valence-corrected chi connectivity index (χ1v) is 6.40. The molecule has 0 amide bonds. The lowest BCUT2D eigenvalue weighted by molar-refractivity contribution is 0.0692. The van der Waals surface area contributed by atoms with Gasteiger partial charge in [-0.3, -0.25) is 0 Å². The number of rotatable bonds is 7. The van der Waals surface area contributed by atoms with Crippen molar-refractivity contribution >= 4 is 5.97 Å². The fourth-order valence-corrected chi connectivity index (χ4v) is 1.72. The molecule has 0 fully saturated rings. The molecule has 20 heavy (non-hydrogen) atoms. The van der Waals surface area contributed by atoms with Crippen molar-refractivity contribution in [3.05, 3.63) is 60.2 Å². The second-order valence-corrected chi connectivity index (χ2v) is 4.16. The molecule has 0 bridgehead atoms. The Kier molecular flexibility index (Phi) is 5.00. The normalized spacial score (nSPS) is 10.0. The Morgan fingerprint density at radius 3 is 2.30 bits per heavy atom. The molecule has 0 saturated carbocycles. The van der Waals surface area contributed by atoms with Crippen molar-refractivity contribution < 1.29 is 19.4 Å². The minimum Gasteiger partial charge on any atom is -0.493 e. The van der Waals surface area contributed by atoms with E-state index in [0.29, 0.717) is 25.4 Å². The summed E-state index contributed by atoms with van der Waals surface area (Å²) in [6, 6.07) is 16.1. The number of carboxylic acid groups (broad SMARTS) is 1. The maximum Gasteiger partial charge on any atom is 0.339 e. The topological polar surface area (TPSA) is 55.8 Å². The first-order chi connectivity index (χ1) is 9.77. The van der Waals surface area contributed by atoms with Crippen LogP contribution in [0.25, 0.3) is 0 Å². The van der Waals surface area contributed by atoms with Crippen LogP contribution in [0.3, 0.4) is 0 Å². The average Bonchev–Trinajstić information content (AvgIpc) is 2.48. The van der Waals surface area contributed by atoms with Gasteiger partial charge < -0.3 is 14.6 Å². The van der Waals surface area contributed by atoms with E-state index in [2.05, 4.69) is 0 Å². The Hall–Kier alpha value is -2.49. The predicted molar refractivity (Wildman–Crippen MR) is 75.5 cm³/mol. The summed E-state index contributed by atoms with van der Waals surface area (Å²) in [7, 11) is 0. The van der Waals surface area contributed by atoms with Gasteiger partial charge in [0.15, 0.2) is 0 Å². The van der Waals surface area contributed by atoms with Crippen LogP contribution in [0.2, 0.25) is 0 Å². The van der Waals surface area contributed by atoms with Crippen LogP contribution < -0.4 is 9.47 Å². The van der Waals surface area contributed by atoms with Crippen molar-refractivity contribution in [1.29, 1.82) is 0 Å². The highest BCUT2D eigenvalue weighted by Gasteiger charge is 2.09. The van der Waals surface area contributed by atoms with Gasteiger partial charge in [-0.1, -0.05) is 30.3 Å². The quantitative estimate of drug-likeness (QED) is 0.786. The van der Waals surface area contributed by atoms with Crippen LogP contribution in [0.15, 0.2) is 54.6 Å². The molecule has 4 nitrogen and oxygen atoms in total. The molecule has 0 atom stereocenters. The van der Waals surface area contributed by atoms with Crippen molar-refractivity contribution in [2.24, 2.45) is 0 Å². The van der Waals surface area contributed by atoms with Gasteiger partial charge in [-0.25, -0.2) is 4.79 Å². The standard InChI is InChI=1S/C16H16O4/c17-16(18)14-9-4-5-10-15(14)20-12-6-11-19-13-7-2-1-3-8-13/h1-5,7-10H,6,11-12H2,(H,17,18). The summed E-state index contributed by atoms with van der Waals surface area (Å²) in [5.74, 6) is 0.222. The number of para-hydroxylation sites is 2. The number of ether oxygens (including phenoxy) is 2. The molecule has 0 aliphatic heterocycles. The predicted octanol–water partition coefficient (Wildman–Crippen LogP) is 3.23. The molecular formula is C16H16O4. The Labute approximate surface area is 117 Å². The summed E-state index contributed by atoms with van der Waals surface area (Å²) in [5, 5.41) is 9.01. The van der Waals surface area contributed by atoms with Crippen LogP contribution in [-0.4, -0.2) is 24.3 Å². The van der Waals surface area contributed by atoms with Gasteiger partial charge in [0.05, 0.1) is 13.2 Å². The summed E-state index contributed by atoms with van der Waals surface area (Å²) in [5.41, 5.74) is 0.177. The highest BCUT2D eigenvalue weighted by atomic mass is 16.5. The smallest absolute Gasteiger partial charge is 0.339 e. The first kappa shape index (κ1) is 13.9. The Balaban J connectivity index is 1.75. The first-order valence-electron chi connectivity index (χ1n) is 6.40. The van der Waals surface area contributed by atoms with E-state index >= 15 is 0 Å². The molecule has 1 N–H and O–H groups in total. The van der Waals surface area contributed by atoms with Crippen LogP contribution in [0.5, 0.6) is 11.5 Å². The Morgan fingerprint density at radius 1 is 0.900 bits per heavy atom. The van der Waals surface area contributed by atoms with E-state index in [1.54, 1.807) is 18.2 Å². The van der Waals surface area contributed by atoms with E-state index < -0.39 is 5.97 Å². The Morgan fingerprint density at radius 2 is 1.55 bits per heavy atom. The summed E-state index contributed by atoms with van der Waals surface area (Å²) in [6.07, 6.45) is 0.683. The zero-order valence-electron chi connectivity index (χ0n) is 11.0. The fraction of sp³-hybridized carbons (Fsp3) is 0.188. The minimum absolute atomic E-state index is 0.177. The number of carboxylic acids is 1. The number of aromatic carboxylic acids is 1. The van der Waals surface area contributed by atoms with Crippen molar-refractivity contribution in [2.75, 3.05) is 13.2 Å². The molecule has 0 aliphatic carbocycles. The molecule has 104 valence electrons. The van der Waals surface area contributed by atoms with Crippen molar-refractivity contribution in [3.8, 4) is 11.5 Å². The van der Waals surface area contributed by atoms with E-state index in [4.69, 9.17) is 14.6 Å². The number of hydrogen-bond donors (Lipinski definition) is 1. The molecule has 0 heterocycles. The van der Waals surface area contributed by atoms with Crippen LogP contribution in [0.1, 0.15) is 16.8 Å². The number of benzene rings is 2. The van der Waals surface area contributed by atoms with E-state index in [1.807, 2.05) is 30.3 Å². The summed E-state index contributed by atoms with van der Waals surface area (Å²) in [4.78, 5) is 11.0. The second kappa shape index (κ2) is 7.19. The third-order valence-electron chi connectivity index (χ3n) is 2.68. The zero-order valence-corrected chi connectivity index (χ0v) is 11.0. The van der Waals surface area contributed by atoms with E-state index in [9.17, 15) is 4.79 Å². The molecule has 0 aromatic heterocycles. The monoisotopic (exact) mass is 272 g/mol. The van der Waals surface area contributed by atoms with Gasteiger partial charge in [-0.05, 0) is 24.3 Å². The van der Waals surface area contributed by atoms with Crippen LogP contribution in [0.4, 0.5) is 0 Å². The maximum absolute atomic E-state index is 11.0. The third kappa shape index (κ3) is 4.02. The lowest BCUT2D eigenvalue weighted by atomic mass is 10.2. The van der Waals surface area contributed by atoms with Gasteiger partial charge in [0, 0.05) is 6.42 Å². The number of hydrogen-bond acceptors (Lipinski definition) is 3. The molecule has 0 aliphatic rings. The van der Waals surface area contributed by atoms with E-state index in [0.717, 1.165) is 5.75 Å². The van der Waals surface area contributed by atoms with Crippen LogP contribution >= 0.6 is 0 Å². The summed E-state index contributed by atoms with van der Waals surface area (Å²) in [6.45, 7) is 0.941. The largest absolute Gasteiger partial charge is 0.493 e. The van der Waals surface area contributed by atoms with Gasteiger partial charge in [-0.15, -0.1) is 0 Å². The molecule has 0 spiro atoms. The highest BCUT2D eigenvalue weighted by Crippen LogP contribution is 2.18. The van der Waals surface area contributed by atoms with Gasteiger partial charge in [0.25, 0.3) is 0 Å². The number of carbonyl (C=O) groups is 1.